The van der Waals surface area contributed by atoms with E-state index in [1.165, 1.54) is 19.1 Å². The highest BCUT2D eigenvalue weighted by Crippen LogP contribution is 2.33. The van der Waals surface area contributed by atoms with E-state index in [1.807, 2.05) is 0 Å². The Morgan fingerprint density at radius 1 is 1.15 bits per heavy atom. The molecular weight excluding hydrogens is 411 g/mol. The predicted molar refractivity (Wildman–Crippen MR) is 98.5 cm³/mol. The molecule has 0 saturated carbocycles. The Morgan fingerprint density at radius 3 is 2.31 bits per heavy atom. The van der Waals surface area contributed by atoms with Gasteiger partial charge in [-0.15, -0.1) is 0 Å². The molecule has 26 heavy (non-hydrogen) atoms. The topological polar surface area (TPSA) is 63.0 Å². The van der Waals surface area contributed by atoms with Crippen molar-refractivity contribution in [3.63, 3.8) is 0 Å². The summed E-state index contributed by atoms with van der Waals surface area (Å²) in [6.45, 7) is 1.52. The molecule has 0 aliphatic heterocycles. The first kappa shape index (κ1) is 20.1. The number of hydrazone groups is 1. The van der Waals surface area contributed by atoms with E-state index in [1.54, 1.807) is 0 Å². The number of carbonyl (C=O) groups excluding carboxylic acids is 1. The van der Waals surface area contributed by atoms with Gasteiger partial charge in [0.15, 0.2) is 0 Å². The van der Waals surface area contributed by atoms with Crippen LogP contribution in [0.15, 0.2) is 40.6 Å². The summed E-state index contributed by atoms with van der Waals surface area (Å²) in [5.41, 5.74) is 2.35. The van der Waals surface area contributed by atoms with Crippen LogP contribution in [0.4, 0.5) is 14.5 Å². The van der Waals surface area contributed by atoms with E-state index in [0.717, 1.165) is 24.4 Å². The summed E-state index contributed by atoms with van der Waals surface area (Å²) in [5.74, 6) is -3.38. The monoisotopic (exact) mass is 419 g/mol. The summed E-state index contributed by atoms with van der Waals surface area (Å²) in [6.07, 6.45) is 1.06. The quantitative estimate of drug-likeness (QED) is 0.391. The van der Waals surface area contributed by atoms with Crippen LogP contribution < -0.4 is 5.43 Å². The van der Waals surface area contributed by atoms with Crippen LogP contribution in [0.3, 0.4) is 0 Å². The van der Waals surface area contributed by atoms with Gasteiger partial charge >= 0.3 is 5.97 Å². The van der Waals surface area contributed by atoms with Gasteiger partial charge in [0.2, 0.25) is 0 Å². The Balaban J connectivity index is 2.02. The Kier molecular flexibility index (Phi) is 6.90. The molecule has 0 saturated heterocycles. The van der Waals surface area contributed by atoms with Crippen LogP contribution in [0.2, 0.25) is 15.1 Å². The van der Waals surface area contributed by atoms with E-state index in [-0.39, 0.29) is 15.8 Å². The third kappa shape index (κ3) is 5.14. The van der Waals surface area contributed by atoms with Crippen molar-refractivity contribution in [3.05, 3.63) is 62.6 Å². The molecule has 5 nitrogen and oxygen atoms in total. The van der Waals surface area contributed by atoms with Crippen molar-refractivity contribution in [3.8, 4) is 0 Å². The highest BCUT2D eigenvalue weighted by molar-refractivity contribution is 6.41. The number of rotatable bonds is 5. The van der Waals surface area contributed by atoms with Crippen molar-refractivity contribution < 1.29 is 18.4 Å². The number of halogens is 5. The number of nitrogens with one attached hydrogen (secondary N) is 1. The number of benzene rings is 2. The van der Waals surface area contributed by atoms with Crippen molar-refractivity contribution in [1.29, 1.82) is 0 Å². The SMILES string of the molecule is CC(C=NOC(=O)c1c(F)cccc1F)=NNc1c(Cl)cc(Cl)cc1Cl. The Labute approximate surface area is 162 Å². The zero-order chi connectivity index (χ0) is 19.3. The van der Waals surface area contributed by atoms with Gasteiger partial charge in [-0.2, -0.15) is 5.10 Å². The van der Waals surface area contributed by atoms with Gasteiger partial charge in [-0.1, -0.05) is 46.0 Å². The number of oxime groups is 1. The lowest BCUT2D eigenvalue weighted by molar-refractivity contribution is 0.0508. The molecule has 0 atom stereocenters. The minimum absolute atomic E-state index is 0.248. The van der Waals surface area contributed by atoms with Crippen LogP contribution >= 0.6 is 34.8 Å². The van der Waals surface area contributed by atoms with Gasteiger partial charge in [0.1, 0.15) is 17.2 Å². The maximum atomic E-state index is 13.4. The second-order valence-corrected chi connectivity index (χ2v) is 6.07. The molecular formula is C16H10Cl3F2N3O2. The number of carbonyl (C=O) groups is 1. The first-order valence-corrected chi connectivity index (χ1v) is 8.06. The summed E-state index contributed by atoms with van der Waals surface area (Å²) in [6, 6.07) is 5.93. The normalized spacial score (nSPS) is 11.7. The molecule has 0 heterocycles. The largest absolute Gasteiger partial charge is 0.371 e. The number of hydrogen-bond donors (Lipinski definition) is 1. The van der Waals surface area contributed by atoms with E-state index in [9.17, 15) is 13.6 Å². The van der Waals surface area contributed by atoms with Crippen molar-refractivity contribution in [2.45, 2.75) is 6.92 Å². The zero-order valence-corrected chi connectivity index (χ0v) is 15.3. The maximum absolute atomic E-state index is 13.4. The molecule has 0 unspecified atom stereocenters. The lowest BCUT2D eigenvalue weighted by Gasteiger charge is -2.06. The standard InChI is InChI=1S/C16H10Cl3F2N3O2/c1-8(23-24-15-10(18)5-9(17)6-11(15)19)7-22-26-16(25)14-12(20)3-2-4-13(14)21/h2-7,24H,1H3. The Hall–Kier alpha value is -2.22. The summed E-state index contributed by atoms with van der Waals surface area (Å²) >= 11 is 17.8. The molecule has 2 aromatic carbocycles. The molecule has 0 spiro atoms. The summed E-state index contributed by atoms with van der Waals surface area (Å²) in [4.78, 5) is 16.1. The predicted octanol–water partition coefficient (Wildman–Crippen LogP) is 5.56. The van der Waals surface area contributed by atoms with Gasteiger partial charge in [0.05, 0.1) is 27.7 Å². The van der Waals surface area contributed by atoms with Crippen LogP contribution in [0, 0.1) is 11.6 Å². The molecule has 136 valence electrons. The van der Waals surface area contributed by atoms with Crippen LogP contribution in [0.1, 0.15) is 17.3 Å². The van der Waals surface area contributed by atoms with E-state index >= 15 is 0 Å². The minimum atomic E-state index is -1.28. The molecule has 0 aromatic heterocycles. The van der Waals surface area contributed by atoms with E-state index in [0.29, 0.717) is 10.7 Å². The fourth-order valence-electron chi connectivity index (χ4n) is 1.71. The van der Waals surface area contributed by atoms with Gasteiger partial charge in [-0.05, 0) is 31.2 Å². The molecule has 0 radical (unpaired) electrons. The lowest BCUT2D eigenvalue weighted by Crippen LogP contribution is -2.08. The fourth-order valence-corrected chi connectivity index (χ4v) is 2.61. The molecule has 0 bridgehead atoms. The van der Waals surface area contributed by atoms with Crippen LogP contribution in [0.25, 0.3) is 0 Å². The first-order chi connectivity index (χ1) is 12.3. The van der Waals surface area contributed by atoms with Crippen LogP contribution in [-0.2, 0) is 4.84 Å². The van der Waals surface area contributed by atoms with Gasteiger partial charge < -0.3 is 4.84 Å². The minimum Gasteiger partial charge on any atom is -0.313 e. The molecule has 10 heteroatoms. The van der Waals surface area contributed by atoms with Crippen molar-refractivity contribution in [1.82, 2.24) is 0 Å². The molecule has 0 aliphatic rings. The third-order valence-corrected chi connectivity index (χ3v) is 3.71. The van der Waals surface area contributed by atoms with E-state index < -0.39 is 23.2 Å². The molecule has 2 aromatic rings. The van der Waals surface area contributed by atoms with Crippen LogP contribution in [0.5, 0.6) is 0 Å². The Morgan fingerprint density at radius 2 is 1.73 bits per heavy atom. The number of hydrogen-bond acceptors (Lipinski definition) is 5. The second kappa shape index (κ2) is 8.93. The smallest absolute Gasteiger partial charge is 0.313 e. The second-order valence-electron chi connectivity index (χ2n) is 4.82. The van der Waals surface area contributed by atoms with Gasteiger partial charge in [-0.3, -0.25) is 5.43 Å². The number of nitrogens with zero attached hydrogens (tertiary/aromatic N) is 2. The molecule has 0 fully saturated rings. The van der Waals surface area contributed by atoms with Crippen LogP contribution in [-0.4, -0.2) is 17.9 Å². The highest BCUT2D eigenvalue weighted by atomic mass is 35.5. The van der Waals surface area contributed by atoms with E-state index in [4.69, 9.17) is 34.8 Å². The first-order valence-electron chi connectivity index (χ1n) is 6.93. The molecule has 0 aliphatic carbocycles. The summed E-state index contributed by atoms with van der Waals surface area (Å²) < 4.78 is 26.9. The van der Waals surface area contributed by atoms with Crippen molar-refractivity contribution >= 4 is 58.4 Å². The van der Waals surface area contributed by atoms with Gasteiger partial charge in [0, 0.05) is 5.02 Å². The fraction of sp³-hybridized carbons (Fsp3) is 0.0625. The molecule has 1 N–H and O–H groups in total. The summed E-state index contributed by atoms with van der Waals surface area (Å²) in [7, 11) is 0. The zero-order valence-electron chi connectivity index (χ0n) is 13.1. The Bertz CT molecular complexity index is 861. The van der Waals surface area contributed by atoms with Gasteiger partial charge in [0.25, 0.3) is 0 Å². The number of anilines is 1. The lowest BCUT2D eigenvalue weighted by atomic mass is 10.2. The van der Waals surface area contributed by atoms with Gasteiger partial charge in [-0.25, -0.2) is 13.6 Å². The average molecular weight is 421 g/mol. The molecule has 0 amide bonds. The summed E-state index contributed by atoms with van der Waals surface area (Å²) in [5, 5.41) is 8.11. The highest BCUT2D eigenvalue weighted by Gasteiger charge is 2.18. The van der Waals surface area contributed by atoms with E-state index in [2.05, 4.69) is 20.5 Å². The molecule has 2 rings (SSSR count). The average Bonchev–Trinajstić information content (AvgIpc) is 2.53. The van der Waals surface area contributed by atoms with Crippen molar-refractivity contribution in [2.24, 2.45) is 10.3 Å². The maximum Gasteiger partial charge on any atom is 0.371 e. The van der Waals surface area contributed by atoms with Crippen molar-refractivity contribution in [2.75, 3.05) is 5.43 Å². The third-order valence-electron chi connectivity index (χ3n) is 2.89.